The number of hydrogen-bond acceptors (Lipinski definition) is 3. The monoisotopic (exact) mass is 343 g/mol. The molecule has 0 radical (unpaired) electrons. The fraction of sp³-hybridized carbons (Fsp3) is 0. The Morgan fingerprint density at radius 1 is 1.00 bits per heavy atom. The molecule has 3 rings (SSSR count). The molecule has 0 aromatic heterocycles. The number of rotatable bonds is 4. The van der Waals surface area contributed by atoms with E-state index >= 15 is 0 Å². The lowest BCUT2D eigenvalue weighted by Gasteiger charge is -2.03. The number of nitriles is 1. The number of hydrazone groups is 1. The van der Waals surface area contributed by atoms with Gasteiger partial charge in [-0.3, -0.25) is 4.79 Å². The molecule has 0 heterocycles. The molecule has 0 atom stereocenters. The topological polar surface area (TPSA) is 65.2 Å². The highest BCUT2D eigenvalue weighted by Crippen LogP contribution is 2.18. The molecule has 0 unspecified atom stereocenters. The molecule has 1 amide bonds. The van der Waals surface area contributed by atoms with Crippen LogP contribution in [-0.4, -0.2) is 12.1 Å². The summed E-state index contributed by atoms with van der Waals surface area (Å²) < 4.78 is 13.8. The Morgan fingerprint density at radius 2 is 1.69 bits per heavy atom. The van der Waals surface area contributed by atoms with Crippen molar-refractivity contribution in [1.29, 1.82) is 5.26 Å². The Kier molecular flexibility index (Phi) is 5.16. The van der Waals surface area contributed by atoms with Gasteiger partial charge < -0.3 is 0 Å². The number of halogens is 1. The Morgan fingerprint density at radius 3 is 2.35 bits per heavy atom. The van der Waals surface area contributed by atoms with E-state index in [1.165, 1.54) is 18.3 Å². The zero-order chi connectivity index (χ0) is 18.4. The second kappa shape index (κ2) is 7.86. The van der Waals surface area contributed by atoms with Gasteiger partial charge in [0.15, 0.2) is 0 Å². The minimum Gasteiger partial charge on any atom is -0.267 e. The van der Waals surface area contributed by atoms with Gasteiger partial charge in [0.2, 0.25) is 0 Å². The van der Waals surface area contributed by atoms with E-state index in [0.29, 0.717) is 0 Å². The summed E-state index contributed by atoms with van der Waals surface area (Å²) in [6.07, 6.45) is 1.48. The minimum atomic E-state index is -0.760. The van der Waals surface area contributed by atoms with Gasteiger partial charge in [0, 0.05) is 0 Å². The Bertz CT molecular complexity index is 990. The lowest BCUT2D eigenvalue weighted by atomic mass is 10.0. The van der Waals surface area contributed by atoms with Crippen molar-refractivity contribution in [3.63, 3.8) is 0 Å². The number of carbonyl (C=O) groups is 1. The van der Waals surface area contributed by atoms with Crippen LogP contribution in [0.2, 0.25) is 0 Å². The molecule has 0 fully saturated rings. The van der Waals surface area contributed by atoms with E-state index in [-0.39, 0.29) is 11.1 Å². The van der Waals surface area contributed by atoms with E-state index in [1.807, 2.05) is 60.7 Å². The van der Waals surface area contributed by atoms with Crippen molar-refractivity contribution >= 4 is 12.1 Å². The fourth-order valence-corrected chi connectivity index (χ4v) is 2.39. The molecule has 26 heavy (non-hydrogen) atoms. The minimum absolute atomic E-state index is 0.154. The molecule has 0 aliphatic carbocycles. The second-order valence-corrected chi connectivity index (χ2v) is 5.49. The summed E-state index contributed by atoms with van der Waals surface area (Å²) in [7, 11) is 0. The van der Waals surface area contributed by atoms with Crippen molar-refractivity contribution in [2.24, 2.45) is 5.10 Å². The van der Waals surface area contributed by atoms with Gasteiger partial charge in [0.1, 0.15) is 5.82 Å². The quantitative estimate of drug-likeness (QED) is 0.572. The molecule has 5 heteroatoms. The molecule has 3 aromatic rings. The first kappa shape index (κ1) is 17.1. The molecule has 4 nitrogen and oxygen atoms in total. The van der Waals surface area contributed by atoms with E-state index in [9.17, 15) is 9.18 Å². The summed E-state index contributed by atoms with van der Waals surface area (Å²) >= 11 is 0. The molecular formula is C21H14FN3O. The molecule has 0 aliphatic rings. The van der Waals surface area contributed by atoms with E-state index in [2.05, 4.69) is 10.5 Å². The highest BCUT2D eigenvalue weighted by atomic mass is 19.1. The van der Waals surface area contributed by atoms with Crippen LogP contribution >= 0.6 is 0 Å². The summed E-state index contributed by atoms with van der Waals surface area (Å²) in [5.74, 6) is -1.44. The number of carbonyl (C=O) groups excluding carboxylic acids is 1. The van der Waals surface area contributed by atoms with Crippen molar-refractivity contribution in [3.8, 4) is 17.2 Å². The van der Waals surface area contributed by atoms with E-state index < -0.39 is 11.7 Å². The third-order valence-electron chi connectivity index (χ3n) is 3.74. The molecule has 126 valence electrons. The van der Waals surface area contributed by atoms with Crippen LogP contribution in [0.5, 0.6) is 0 Å². The number of nitrogens with one attached hydrogen (secondary N) is 1. The first-order valence-corrected chi connectivity index (χ1v) is 7.86. The number of amides is 1. The summed E-state index contributed by atoms with van der Waals surface area (Å²) in [5, 5.41) is 12.6. The Labute approximate surface area is 150 Å². The summed E-state index contributed by atoms with van der Waals surface area (Å²) in [5.41, 5.74) is 5.25. The maximum Gasteiger partial charge on any atom is 0.274 e. The molecular weight excluding hydrogens is 329 g/mol. The van der Waals surface area contributed by atoms with E-state index in [0.717, 1.165) is 22.8 Å². The lowest BCUT2D eigenvalue weighted by Crippen LogP contribution is -2.19. The maximum absolute atomic E-state index is 13.8. The smallest absolute Gasteiger partial charge is 0.267 e. The zero-order valence-corrected chi connectivity index (χ0v) is 13.7. The van der Waals surface area contributed by atoms with Gasteiger partial charge >= 0.3 is 0 Å². The number of nitrogens with zero attached hydrogens (tertiary/aromatic N) is 2. The average molecular weight is 343 g/mol. The van der Waals surface area contributed by atoms with Crippen LogP contribution in [0.15, 0.2) is 77.9 Å². The summed E-state index contributed by atoms with van der Waals surface area (Å²) in [6, 6.07) is 23.1. The van der Waals surface area contributed by atoms with Crippen LogP contribution in [0.4, 0.5) is 4.39 Å². The number of benzene rings is 3. The second-order valence-electron chi connectivity index (χ2n) is 5.49. The van der Waals surface area contributed by atoms with E-state index in [1.54, 1.807) is 0 Å². The molecule has 3 aromatic carbocycles. The van der Waals surface area contributed by atoms with Crippen molar-refractivity contribution in [2.75, 3.05) is 0 Å². The summed E-state index contributed by atoms with van der Waals surface area (Å²) in [4.78, 5) is 11.9. The Hall–Kier alpha value is -3.78. The van der Waals surface area contributed by atoms with Crippen LogP contribution in [0.3, 0.4) is 0 Å². The fourth-order valence-electron chi connectivity index (χ4n) is 2.39. The lowest BCUT2D eigenvalue weighted by molar-refractivity contribution is 0.0951. The number of hydrogen-bond donors (Lipinski definition) is 1. The normalized spacial score (nSPS) is 10.5. The molecule has 0 saturated heterocycles. The third-order valence-corrected chi connectivity index (χ3v) is 3.74. The first-order chi connectivity index (χ1) is 12.7. The molecule has 0 aliphatic heterocycles. The zero-order valence-electron chi connectivity index (χ0n) is 13.7. The van der Waals surface area contributed by atoms with Crippen LogP contribution in [0.25, 0.3) is 11.1 Å². The SMILES string of the molecule is N#Cc1ccc(C(=O)N/N=C\c2ccc(-c3ccccc3)cc2)c(F)c1. The molecule has 0 spiro atoms. The van der Waals surface area contributed by atoms with Gasteiger partial charge in [-0.15, -0.1) is 0 Å². The van der Waals surface area contributed by atoms with Crippen molar-refractivity contribution in [1.82, 2.24) is 5.43 Å². The maximum atomic E-state index is 13.8. The highest BCUT2D eigenvalue weighted by Gasteiger charge is 2.11. The van der Waals surface area contributed by atoms with Gasteiger partial charge in [-0.05, 0) is 34.9 Å². The first-order valence-electron chi connectivity index (χ1n) is 7.86. The molecule has 0 bridgehead atoms. The molecule has 1 N–H and O–H groups in total. The predicted octanol–water partition coefficient (Wildman–Crippen LogP) is 4.13. The van der Waals surface area contributed by atoms with Crippen LogP contribution in [0.1, 0.15) is 21.5 Å². The largest absolute Gasteiger partial charge is 0.274 e. The van der Waals surface area contributed by atoms with Gasteiger partial charge in [0.05, 0.1) is 23.4 Å². The van der Waals surface area contributed by atoms with E-state index in [4.69, 9.17) is 5.26 Å². The van der Waals surface area contributed by atoms with Gasteiger partial charge in [-0.1, -0.05) is 54.6 Å². The highest BCUT2D eigenvalue weighted by molar-refractivity contribution is 5.95. The standard InChI is InChI=1S/C21H14FN3O/c22-20-12-16(13-23)8-11-19(20)21(26)25-24-14-15-6-9-18(10-7-15)17-4-2-1-3-5-17/h1-12,14H,(H,25,26)/b24-14-. The third kappa shape index (κ3) is 4.00. The average Bonchev–Trinajstić information content (AvgIpc) is 2.69. The van der Waals surface area contributed by atoms with Crippen LogP contribution < -0.4 is 5.43 Å². The van der Waals surface area contributed by atoms with Crippen LogP contribution in [-0.2, 0) is 0 Å². The van der Waals surface area contributed by atoms with Crippen molar-refractivity contribution in [3.05, 3.63) is 95.3 Å². The molecule has 0 saturated carbocycles. The van der Waals surface area contributed by atoms with Gasteiger partial charge in [-0.2, -0.15) is 10.4 Å². The Balaban J connectivity index is 1.65. The van der Waals surface area contributed by atoms with Crippen LogP contribution in [0, 0.1) is 17.1 Å². The van der Waals surface area contributed by atoms with Gasteiger partial charge in [-0.25, -0.2) is 9.82 Å². The predicted molar refractivity (Wildman–Crippen MR) is 98.1 cm³/mol. The van der Waals surface area contributed by atoms with Crippen molar-refractivity contribution in [2.45, 2.75) is 0 Å². The van der Waals surface area contributed by atoms with Gasteiger partial charge in [0.25, 0.3) is 5.91 Å². The summed E-state index contributed by atoms with van der Waals surface area (Å²) in [6.45, 7) is 0. The van der Waals surface area contributed by atoms with Crippen molar-refractivity contribution < 1.29 is 9.18 Å².